The van der Waals surface area contributed by atoms with Crippen LogP contribution in [0.4, 0.5) is 39.5 Å². The predicted molar refractivity (Wildman–Crippen MR) is 142 cm³/mol. The smallest absolute Gasteiger partial charge is 0.428 e. The van der Waals surface area contributed by atoms with Crippen molar-refractivity contribution in [2.45, 2.75) is 30.7 Å². The van der Waals surface area contributed by atoms with Gasteiger partial charge in [-0.05, 0) is 59.2 Å². The van der Waals surface area contributed by atoms with E-state index in [1.54, 1.807) is 30.3 Å². The van der Waals surface area contributed by atoms with Crippen molar-refractivity contribution in [2.75, 3.05) is 7.11 Å². The Labute approximate surface area is 245 Å². The van der Waals surface area contributed by atoms with E-state index in [2.05, 4.69) is 10.1 Å². The number of hydrogen-bond donors (Lipinski definition) is 2. The third-order valence-electron chi connectivity index (χ3n) is 6.30. The van der Waals surface area contributed by atoms with E-state index < -0.39 is 58.7 Å². The van der Waals surface area contributed by atoms with Crippen molar-refractivity contribution in [2.24, 2.45) is 0 Å². The average Bonchev–Trinajstić information content (AvgIpc) is 2.97. The first-order valence-corrected chi connectivity index (χ1v) is 12.6. The van der Waals surface area contributed by atoms with Gasteiger partial charge in [-0.15, -0.1) is 0 Å². The van der Waals surface area contributed by atoms with Crippen LogP contribution in [0.3, 0.4) is 0 Å². The number of benzene rings is 4. The fraction of sp³-hybridized carbons (Fsp3) is 0.194. The molecule has 1 atom stereocenters. The molecule has 0 aliphatic heterocycles. The Bertz CT molecular complexity index is 1550. The summed E-state index contributed by atoms with van der Waals surface area (Å²) in [4.78, 5) is 13.5. The van der Waals surface area contributed by atoms with E-state index in [1.807, 2.05) is 0 Å². The minimum Gasteiger partial charge on any atom is -0.428 e. The first-order valence-electron chi connectivity index (χ1n) is 12.6. The van der Waals surface area contributed by atoms with Crippen LogP contribution < -0.4 is 10.1 Å². The van der Waals surface area contributed by atoms with E-state index in [1.165, 1.54) is 12.1 Å². The monoisotopic (exact) mass is 629 g/mol. The highest BCUT2D eigenvalue weighted by Gasteiger charge is 2.45. The number of hydrogen-bond acceptors (Lipinski definition) is 3. The number of aliphatic hydroxyl groups excluding tert-OH is 1. The van der Waals surface area contributed by atoms with Crippen LogP contribution in [-0.4, -0.2) is 30.7 Å². The first-order chi connectivity index (χ1) is 20.7. The molecule has 0 aliphatic rings. The molecule has 0 fully saturated rings. The molecule has 13 heteroatoms. The van der Waals surface area contributed by atoms with Crippen LogP contribution in [0.5, 0.6) is 5.75 Å². The van der Waals surface area contributed by atoms with Gasteiger partial charge in [0.15, 0.2) is 0 Å². The van der Waals surface area contributed by atoms with Gasteiger partial charge in [-0.1, -0.05) is 48.5 Å². The number of carbonyl (C=O) groups is 1. The standard InChI is InChI=1S/C30H20F9NO2.CH4O/c31-23-11-9-20(10-12-23)28(17-18-5-2-1-3-6-18,40-26(41)19-7-4-8-21(13-19)29(35,36)37)22-14-24(32)16-25(15-22)42-30(38,39)27(33)34;1-2/h1-16,27H,17H2,(H,40,41);2H,1H3/t28-;/m1./s1. The third-order valence-corrected chi connectivity index (χ3v) is 6.30. The van der Waals surface area contributed by atoms with Gasteiger partial charge >= 0.3 is 18.7 Å². The quantitative estimate of drug-likeness (QED) is 0.186. The second kappa shape index (κ2) is 13.8. The van der Waals surface area contributed by atoms with E-state index in [9.17, 15) is 44.3 Å². The normalized spacial score (nSPS) is 13.0. The Hall–Kier alpha value is -4.52. The molecule has 0 radical (unpaired) electrons. The van der Waals surface area contributed by atoms with Crippen molar-refractivity contribution in [1.82, 2.24) is 5.32 Å². The molecular formula is C31H24F9NO3. The lowest BCUT2D eigenvalue weighted by atomic mass is 9.77. The van der Waals surface area contributed by atoms with E-state index in [0.29, 0.717) is 17.7 Å². The fourth-order valence-corrected chi connectivity index (χ4v) is 4.37. The van der Waals surface area contributed by atoms with Gasteiger partial charge < -0.3 is 15.2 Å². The fourth-order valence-electron chi connectivity index (χ4n) is 4.37. The summed E-state index contributed by atoms with van der Waals surface area (Å²) < 4.78 is 126. The molecule has 0 unspecified atom stereocenters. The summed E-state index contributed by atoms with van der Waals surface area (Å²) in [5.41, 5.74) is -3.34. The SMILES string of the molecule is CO.O=C(N[C@](Cc1ccccc1)(c1ccc(F)cc1)c1cc(F)cc(OC(F)(F)C(F)F)c1)c1cccc(C(F)(F)F)c1. The highest BCUT2D eigenvalue weighted by atomic mass is 19.4. The molecule has 0 saturated carbocycles. The van der Waals surface area contributed by atoms with Gasteiger partial charge in [0.1, 0.15) is 17.4 Å². The summed E-state index contributed by atoms with van der Waals surface area (Å²) >= 11 is 0. The maximum Gasteiger partial charge on any atom is 0.461 e. The highest BCUT2D eigenvalue weighted by Crippen LogP contribution is 2.38. The van der Waals surface area contributed by atoms with E-state index in [-0.39, 0.29) is 17.5 Å². The zero-order chi connectivity index (χ0) is 32.7. The second-order valence-electron chi connectivity index (χ2n) is 9.25. The molecule has 1 amide bonds. The number of aliphatic hydroxyl groups is 1. The third kappa shape index (κ3) is 8.10. The summed E-state index contributed by atoms with van der Waals surface area (Å²) in [6, 6.07) is 17.9. The van der Waals surface area contributed by atoms with Gasteiger partial charge in [-0.25, -0.2) is 8.78 Å². The summed E-state index contributed by atoms with van der Waals surface area (Å²) in [6.45, 7) is 0. The first kappa shape index (κ1) is 34.0. The molecule has 0 heterocycles. The largest absolute Gasteiger partial charge is 0.461 e. The number of ether oxygens (including phenoxy) is 1. The molecule has 0 bridgehead atoms. The van der Waals surface area contributed by atoms with Crippen molar-refractivity contribution < 1.29 is 54.2 Å². The van der Waals surface area contributed by atoms with Crippen LogP contribution in [-0.2, 0) is 18.1 Å². The van der Waals surface area contributed by atoms with Gasteiger partial charge in [0, 0.05) is 25.2 Å². The van der Waals surface area contributed by atoms with Gasteiger partial charge in [0.25, 0.3) is 5.91 Å². The molecular weight excluding hydrogens is 605 g/mol. The molecule has 4 aromatic carbocycles. The Morgan fingerprint density at radius 3 is 1.98 bits per heavy atom. The molecule has 2 N–H and O–H groups in total. The Morgan fingerprint density at radius 1 is 0.750 bits per heavy atom. The van der Waals surface area contributed by atoms with Crippen molar-refractivity contribution in [1.29, 1.82) is 0 Å². The van der Waals surface area contributed by atoms with Crippen molar-refractivity contribution in [3.63, 3.8) is 0 Å². The Kier molecular flexibility index (Phi) is 10.7. The average molecular weight is 630 g/mol. The number of nitrogens with one attached hydrogen (secondary N) is 1. The molecule has 4 rings (SSSR count). The lowest BCUT2D eigenvalue weighted by molar-refractivity contribution is -0.253. The number of amides is 1. The molecule has 0 spiro atoms. The predicted octanol–water partition coefficient (Wildman–Crippen LogP) is 7.75. The lowest BCUT2D eigenvalue weighted by Crippen LogP contribution is -2.48. The van der Waals surface area contributed by atoms with Gasteiger partial charge in [-0.2, -0.15) is 30.7 Å². The number of alkyl halides is 7. The topological polar surface area (TPSA) is 58.6 Å². The van der Waals surface area contributed by atoms with Crippen LogP contribution in [0.15, 0.2) is 97.1 Å². The zero-order valence-electron chi connectivity index (χ0n) is 22.7. The number of halogens is 9. The molecule has 44 heavy (non-hydrogen) atoms. The van der Waals surface area contributed by atoms with Crippen LogP contribution in [0.1, 0.15) is 32.6 Å². The highest BCUT2D eigenvalue weighted by molar-refractivity contribution is 5.95. The van der Waals surface area contributed by atoms with Crippen LogP contribution in [0, 0.1) is 11.6 Å². The zero-order valence-corrected chi connectivity index (χ0v) is 22.7. The summed E-state index contributed by atoms with van der Waals surface area (Å²) in [5.74, 6) is -4.05. The molecule has 234 valence electrons. The number of rotatable bonds is 9. The van der Waals surface area contributed by atoms with Crippen LogP contribution in [0.2, 0.25) is 0 Å². The van der Waals surface area contributed by atoms with Gasteiger partial charge in [0.05, 0.1) is 11.1 Å². The summed E-state index contributed by atoms with van der Waals surface area (Å²) in [7, 11) is 1.00. The van der Waals surface area contributed by atoms with Crippen LogP contribution >= 0.6 is 0 Å². The van der Waals surface area contributed by atoms with Crippen molar-refractivity contribution in [3.8, 4) is 5.75 Å². The maximum absolute atomic E-state index is 14.9. The van der Waals surface area contributed by atoms with Gasteiger partial charge in [-0.3, -0.25) is 4.79 Å². The molecule has 4 nitrogen and oxygen atoms in total. The van der Waals surface area contributed by atoms with E-state index in [0.717, 1.165) is 49.6 Å². The van der Waals surface area contributed by atoms with Crippen molar-refractivity contribution >= 4 is 5.91 Å². The summed E-state index contributed by atoms with van der Waals surface area (Å²) in [5, 5.41) is 9.58. The maximum atomic E-state index is 14.9. The van der Waals surface area contributed by atoms with Crippen LogP contribution in [0.25, 0.3) is 0 Å². The number of carbonyl (C=O) groups excluding carboxylic acids is 1. The minimum absolute atomic E-state index is 0.0604. The summed E-state index contributed by atoms with van der Waals surface area (Å²) in [6.07, 6.45) is -14.3. The minimum atomic E-state index is -5.01. The molecule has 0 saturated heterocycles. The van der Waals surface area contributed by atoms with Crippen molar-refractivity contribution in [3.05, 3.63) is 137 Å². The Morgan fingerprint density at radius 2 is 1.39 bits per heavy atom. The Balaban J connectivity index is 0.00000259. The molecule has 0 aromatic heterocycles. The molecule has 0 aliphatic carbocycles. The van der Waals surface area contributed by atoms with E-state index in [4.69, 9.17) is 5.11 Å². The van der Waals surface area contributed by atoms with E-state index >= 15 is 0 Å². The lowest BCUT2D eigenvalue weighted by Gasteiger charge is -2.37. The molecule has 4 aromatic rings. The van der Waals surface area contributed by atoms with Gasteiger partial charge in [0.2, 0.25) is 0 Å². The second-order valence-corrected chi connectivity index (χ2v) is 9.25.